The molecule has 1 spiro atoms. The van der Waals surface area contributed by atoms with Crippen LogP contribution in [0.3, 0.4) is 0 Å². The highest BCUT2D eigenvalue weighted by molar-refractivity contribution is 5.80. The van der Waals surface area contributed by atoms with Crippen LogP contribution in [0.4, 0.5) is 4.39 Å². The number of hydrogen-bond acceptors (Lipinski definition) is 2. The van der Waals surface area contributed by atoms with E-state index in [0.717, 1.165) is 25.4 Å². The minimum atomic E-state index is -0.724. The average Bonchev–Trinajstić information content (AvgIpc) is 2.98. The normalized spacial score (nSPS) is 41.4. The second-order valence-electron chi connectivity index (χ2n) is 7.49. The van der Waals surface area contributed by atoms with Crippen molar-refractivity contribution in [3.63, 3.8) is 0 Å². The number of rotatable bonds is 3. The third-order valence-electron chi connectivity index (χ3n) is 5.99. The predicted octanol–water partition coefficient (Wildman–Crippen LogP) is 2.21. The Morgan fingerprint density at radius 2 is 2.00 bits per heavy atom. The molecule has 2 aliphatic carbocycles. The first-order valence-electron chi connectivity index (χ1n) is 8.34. The van der Waals surface area contributed by atoms with Crippen molar-refractivity contribution in [2.24, 2.45) is 11.8 Å². The van der Waals surface area contributed by atoms with Gasteiger partial charge in [-0.2, -0.15) is 0 Å². The fourth-order valence-electron chi connectivity index (χ4n) is 4.41. The van der Waals surface area contributed by atoms with Crippen LogP contribution in [0.5, 0.6) is 0 Å². The number of nitrogens with zero attached hydrogens (tertiary/aromatic N) is 2. The summed E-state index contributed by atoms with van der Waals surface area (Å²) in [5.41, 5.74) is 0.275. The highest BCUT2D eigenvalue weighted by atomic mass is 19.1. The largest absolute Gasteiger partial charge is 0.341 e. The highest BCUT2D eigenvalue weighted by Crippen LogP contribution is 2.42. The van der Waals surface area contributed by atoms with Crippen LogP contribution >= 0.6 is 0 Å². The van der Waals surface area contributed by atoms with E-state index in [1.807, 2.05) is 4.90 Å². The number of carbonyl (C=O) groups is 1. The molecule has 4 rings (SSSR count). The third-order valence-corrected chi connectivity index (χ3v) is 5.99. The van der Waals surface area contributed by atoms with Gasteiger partial charge >= 0.3 is 0 Å². The van der Waals surface area contributed by atoms with Crippen LogP contribution in [-0.2, 0) is 4.79 Å². The van der Waals surface area contributed by atoms with Crippen LogP contribution < -0.4 is 0 Å². The predicted molar refractivity (Wildman–Crippen MR) is 75.1 cm³/mol. The van der Waals surface area contributed by atoms with Gasteiger partial charge < -0.3 is 4.90 Å². The van der Waals surface area contributed by atoms with Gasteiger partial charge in [0.1, 0.15) is 6.17 Å². The zero-order chi connectivity index (χ0) is 13.7. The van der Waals surface area contributed by atoms with Crippen molar-refractivity contribution in [3.05, 3.63) is 0 Å². The molecule has 20 heavy (non-hydrogen) atoms. The first-order chi connectivity index (χ1) is 9.66. The standard InChI is InChI=1S/C16H25FN2O/c17-14-8-13(9-14)15(20)18-7-5-16(11-18)4-1-6-19(16)10-12-2-3-12/h12-14H,1-11H2/t13?,14?,16-/m0/s1. The summed E-state index contributed by atoms with van der Waals surface area (Å²) in [4.78, 5) is 17.1. The molecule has 2 saturated heterocycles. The Bertz CT molecular complexity index is 405. The van der Waals surface area contributed by atoms with E-state index in [1.165, 1.54) is 38.8 Å². The van der Waals surface area contributed by atoms with Crippen molar-refractivity contribution in [1.29, 1.82) is 0 Å². The topological polar surface area (TPSA) is 23.6 Å². The lowest BCUT2D eigenvalue weighted by Crippen LogP contribution is -2.49. The molecule has 2 saturated carbocycles. The van der Waals surface area contributed by atoms with Crippen LogP contribution in [0, 0.1) is 11.8 Å². The Balaban J connectivity index is 1.39. The van der Waals surface area contributed by atoms with E-state index >= 15 is 0 Å². The summed E-state index contributed by atoms with van der Waals surface area (Å²) in [7, 11) is 0. The maximum Gasteiger partial charge on any atom is 0.225 e. The van der Waals surface area contributed by atoms with Gasteiger partial charge in [-0.25, -0.2) is 4.39 Å². The van der Waals surface area contributed by atoms with Crippen LogP contribution in [-0.4, -0.2) is 53.6 Å². The summed E-state index contributed by atoms with van der Waals surface area (Å²) < 4.78 is 12.9. The molecule has 3 nitrogen and oxygen atoms in total. The van der Waals surface area contributed by atoms with Crippen LogP contribution in [0.15, 0.2) is 0 Å². The van der Waals surface area contributed by atoms with E-state index in [1.54, 1.807) is 0 Å². The van der Waals surface area contributed by atoms with Crippen molar-refractivity contribution in [3.8, 4) is 0 Å². The van der Waals surface area contributed by atoms with E-state index < -0.39 is 6.17 Å². The van der Waals surface area contributed by atoms with Gasteiger partial charge in [0, 0.05) is 31.1 Å². The van der Waals surface area contributed by atoms with E-state index in [2.05, 4.69) is 4.90 Å². The van der Waals surface area contributed by atoms with Crippen molar-refractivity contribution in [2.45, 2.75) is 56.7 Å². The Hall–Kier alpha value is -0.640. The lowest BCUT2D eigenvalue weighted by Gasteiger charge is -2.36. The van der Waals surface area contributed by atoms with Gasteiger partial charge in [-0.15, -0.1) is 0 Å². The summed E-state index contributed by atoms with van der Waals surface area (Å²) in [5, 5.41) is 0. The fourth-order valence-corrected chi connectivity index (χ4v) is 4.41. The molecule has 0 aromatic heterocycles. The van der Waals surface area contributed by atoms with Gasteiger partial charge in [-0.1, -0.05) is 0 Å². The summed E-state index contributed by atoms with van der Waals surface area (Å²) in [6.45, 7) is 4.27. The van der Waals surface area contributed by atoms with Crippen LogP contribution in [0.2, 0.25) is 0 Å². The van der Waals surface area contributed by atoms with Crippen molar-refractivity contribution in [1.82, 2.24) is 9.80 Å². The molecular weight excluding hydrogens is 255 g/mol. The van der Waals surface area contributed by atoms with Gasteiger partial charge in [-0.3, -0.25) is 9.69 Å². The molecule has 0 N–H and O–H groups in total. The lowest BCUT2D eigenvalue weighted by molar-refractivity contribution is -0.139. The van der Waals surface area contributed by atoms with Gasteiger partial charge in [0.15, 0.2) is 0 Å². The quantitative estimate of drug-likeness (QED) is 0.791. The van der Waals surface area contributed by atoms with Gasteiger partial charge in [0.2, 0.25) is 5.91 Å². The average molecular weight is 280 g/mol. The van der Waals surface area contributed by atoms with E-state index in [-0.39, 0.29) is 17.4 Å². The zero-order valence-corrected chi connectivity index (χ0v) is 12.2. The molecule has 4 aliphatic rings. The monoisotopic (exact) mass is 280 g/mol. The summed E-state index contributed by atoms with van der Waals surface area (Å²) in [6.07, 6.45) is 6.67. The molecule has 2 heterocycles. The molecule has 112 valence electrons. The minimum absolute atomic E-state index is 0.0153. The molecule has 4 fully saturated rings. The highest BCUT2D eigenvalue weighted by Gasteiger charge is 2.49. The van der Waals surface area contributed by atoms with E-state index in [4.69, 9.17) is 0 Å². The van der Waals surface area contributed by atoms with Crippen LogP contribution in [0.1, 0.15) is 44.9 Å². The van der Waals surface area contributed by atoms with Gasteiger partial charge in [0.25, 0.3) is 0 Å². The number of carbonyl (C=O) groups excluding carboxylic acids is 1. The molecule has 1 atom stereocenters. The molecule has 0 radical (unpaired) electrons. The Morgan fingerprint density at radius 3 is 2.70 bits per heavy atom. The molecule has 1 amide bonds. The molecule has 0 bridgehead atoms. The Morgan fingerprint density at radius 1 is 1.20 bits per heavy atom. The summed E-state index contributed by atoms with van der Waals surface area (Å²) in [6, 6.07) is 0. The number of likely N-dealkylation sites (tertiary alicyclic amines) is 2. The Kier molecular flexibility index (Phi) is 3.06. The van der Waals surface area contributed by atoms with E-state index in [9.17, 15) is 9.18 Å². The van der Waals surface area contributed by atoms with Crippen molar-refractivity contribution in [2.75, 3.05) is 26.2 Å². The smallest absolute Gasteiger partial charge is 0.225 e. The first-order valence-corrected chi connectivity index (χ1v) is 8.34. The number of alkyl halides is 1. The minimum Gasteiger partial charge on any atom is -0.341 e. The maximum absolute atomic E-state index is 12.9. The molecule has 0 aromatic carbocycles. The number of amides is 1. The number of hydrogen-bond donors (Lipinski definition) is 0. The second kappa shape index (κ2) is 4.69. The zero-order valence-electron chi connectivity index (χ0n) is 12.2. The van der Waals surface area contributed by atoms with Gasteiger partial charge in [-0.05, 0) is 57.4 Å². The van der Waals surface area contributed by atoms with E-state index in [0.29, 0.717) is 12.8 Å². The molecule has 0 aromatic rings. The molecule has 0 unspecified atom stereocenters. The lowest BCUT2D eigenvalue weighted by atomic mass is 9.82. The van der Waals surface area contributed by atoms with Gasteiger partial charge in [0.05, 0.1) is 0 Å². The first kappa shape index (κ1) is 13.1. The van der Waals surface area contributed by atoms with Crippen molar-refractivity contribution < 1.29 is 9.18 Å². The fraction of sp³-hybridized carbons (Fsp3) is 0.938. The van der Waals surface area contributed by atoms with Crippen molar-refractivity contribution >= 4 is 5.91 Å². The second-order valence-corrected chi connectivity index (χ2v) is 7.49. The molecular formula is C16H25FN2O. The molecule has 4 heteroatoms. The maximum atomic E-state index is 12.9. The third kappa shape index (κ3) is 2.16. The number of halogens is 1. The van der Waals surface area contributed by atoms with Crippen LogP contribution in [0.25, 0.3) is 0 Å². The Labute approximate surface area is 120 Å². The SMILES string of the molecule is O=C(C1CC(F)C1)N1CC[C@@]2(CCCN2CC2CC2)C1. The summed E-state index contributed by atoms with van der Waals surface area (Å²) in [5.74, 6) is 1.14. The summed E-state index contributed by atoms with van der Waals surface area (Å²) >= 11 is 0. The molecule has 2 aliphatic heterocycles.